The van der Waals surface area contributed by atoms with Gasteiger partial charge in [0.1, 0.15) is 5.52 Å². The largest absolute Gasteiger partial charge is 0.338 e. The highest BCUT2D eigenvalue weighted by molar-refractivity contribution is 5.65. The molecule has 5 aromatic rings. The first-order chi connectivity index (χ1) is 16.2. The van der Waals surface area contributed by atoms with Gasteiger partial charge in [-0.2, -0.15) is 10.1 Å². The van der Waals surface area contributed by atoms with Gasteiger partial charge in [0, 0.05) is 31.0 Å². The first-order valence-electron chi connectivity index (χ1n) is 11.0. The molecule has 0 spiro atoms. The lowest BCUT2D eigenvalue weighted by Crippen LogP contribution is -2.30. The highest BCUT2D eigenvalue weighted by Crippen LogP contribution is 2.20. The molecule has 3 aromatic heterocycles. The van der Waals surface area contributed by atoms with Crippen molar-refractivity contribution in [1.29, 1.82) is 0 Å². The molecule has 0 bridgehead atoms. The minimum atomic E-state index is -0.147. The zero-order chi connectivity index (χ0) is 22.2. The Labute approximate surface area is 189 Å². The van der Waals surface area contributed by atoms with Crippen molar-refractivity contribution in [2.24, 2.45) is 0 Å². The molecule has 33 heavy (non-hydrogen) atoms. The molecule has 2 aromatic carbocycles. The summed E-state index contributed by atoms with van der Waals surface area (Å²) in [6.45, 7) is 2.66. The van der Waals surface area contributed by atoms with Crippen molar-refractivity contribution < 1.29 is 4.52 Å². The Morgan fingerprint density at radius 3 is 2.64 bits per heavy atom. The van der Waals surface area contributed by atoms with E-state index in [1.165, 1.54) is 11.1 Å². The summed E-state index contributed by atoms with van der Waals surface area (Å²) in [6.07, 6.45) is 4.49. The van der Waals surface area contributed by atoms with Gasteiger partial charge >= 0.3 is 0 Å². The minimum absolute atomic E-state index is 0.147. The number of nitrogens with zero attached hydrogens (tertiary/aromatic N) is 6. The van der Waals surface area contributed by atoms with Crippen molar-refractivity contribution in [1.82, 2.24) is 29.2 Å². The molecule has 0 unspecified atom stereocenters. The van der Waals surface area contributed by atoms with Crippen molar-refractivity contribution in [3.05, 3.63) is 106 Å². The van der Waals surface area contributed by atoms with E-state index in [1.54, 1.807) is 21.5 Å². The van der Waals surface area contributed by atoms with Crippen LogP contribution in [0.4, 0.5) is 0 Å². The van der Waals surface area contributed by atoms with Crippen LogP contribution < -0.4 is 5.56 Å². The Morgan fingerprint density at radius 2 is 1.76 bits per heavy atom. The van der Waals surface area contributed by atoms with Gasteiger partial charge in [-0.15, -0.1) is 0 Å². The van der Waals surface area contributed by atoms with Crippen molar-refractivity contribution >= 4 is 5.52 Å². The molecular weight excluding hydrogens is 416 g/mol. The lowest BCUT2D eigenvalue weighted by Gasteiger charge is -2.27. The molecule has 8 nitrogen and oxygen atoms in total. The molecule has 0 atom stereocenters. The zero-order valence-electron chi connectivity index (χ0n) is 18.0. The van der Waals surface area contributed by atoms with E-state index in [0.29, 0.717) is 23.8 Å². The van der Waals surface area contributed by atoms with Crippen LogP contribution in [0.25, 0.3) is 16.8 Å². The summed E-state index contributed by atoms with van der Waals surface area (Å²) in [5.74, 6) is 1.05. The molecule has 0 fully saturated rings. The normalized spacial score (nSPS) is 13.9. The van der Waals surface area contributed by atoms with E-state index < -0.39 is 0 Å². The van der Waals surface area contributed by atoms with Crippen LogP contribution in [0.3, 0.4) is 0 Å². The second kappa shape index (κ2) is 8.14. The summed E-state index contributed by atoms with van der Waals surface area (Å²) in [5, 5.41) is 8.63. The Morgan fingerprint density at radius 1 is 0.939 bits per heavy atom. The van der Waals surface area contributed by atoms with Crippen molar-refractivity contribution in [2.45, 2.75) is 26.1 Å². The summed E-state index contributed by atoms with van der Waals surface area (Å²) in [6, 6.07) is 20.1. The fourth-order valence-electron chi connectivity index (χ4n) is 4.35. The second-order valence-electron chi connectivity index (χ2n) is 8.29. The van der Waals surface area contributed by atoms with Gasteiger partial charge in [-0.1, -0.05) is 59.8 Å². The van der Waals surface area contributed by atoms with Crippen LogP contribution in [-0.2, 0) is 26.1 Å². The van der Waals surface area contributed by atoms with E-state index in [1.807, 2.05) is 36.4 Å². The van der Waals surface area contributed by atoms with Gasteiger partial charge in [-0.25, -0.2) is 4.52 Å². The first-order valence-corrected chi connectivity index (χ1v) is 11.0. The topological polar surface area (TPSA) is 81.5 Å². The van der Waals surface area contributed by atoms with E-state index in [4.69, 9.17) is 4.52 Å². The van der Waals surface area contributed by atoms with E-state index in [2.05, 4.69) is 44.4 Å². The van der Waals surface area contributed by atoms with Gasteiger partial charge in [0.25, 0.3) is 5.56 Å². The monoisotopic (exact) mass is 438 g/mol. The molecule has 164 valence electrons. The van der Waals surface area contributed by atoms with Crippen molar-refractivity contribution in [3.8, 4) is 11.3 Å². The fraction of sp³-hybridized carbons (Fsp3) is 0.200. The molecule has 6 rings (SSSR count). The van der Waals surface area contributed by atoms with Crippen molar-refractivity contribution in [2.75, 3.05) is 6.54 Å². The molecule has 1 aliphatic heterocycles. The van der Waals surface area contributed by atoms with Gasteiger partial charge < -0.3 is 9.09 Å². The summed E-state index contributed by atoms with van der Waals surface area (Å²) in [5.41, 5.74) is 4.84. The maximum Gasteiger partial charge on any atom is 0.277 e. The Balaban J connectivity index is 1.19. The van der Waals surface area contributed by atoms with E-state index in [0.717, 1.165) is 30.8 Å². The molecule has 0 radical (unpaired) electrons. The molecular formula is C25H22N6O2. The fourth-order valence-corrected chi connectivity index (χ4v) is 4.35. The Kier molecular flexibility index (Phi) is 4.84. The van der Waals surface area contributed by atoms with Gasteiger partial charge in [0.05, 0.1) is 18.8 Å². The quantitative estimate of drug-likeness (QED) is 0.419. The zero-order valence-corrected chi connectivity index (χ0v) is 18.0. The van der Waals surface area contributed by atoms with Gasteiger partial charge in [0.2, 0.25) is 5.89 Å². The Hall–Kier alpha value is -4.04. The van der Waals surface area contributed by atoms with Crippen LogP contribution >= 0.6 is 0 Å². The molecule has 0 saturated heterocycles. The van der Waals surface area contributed by atoms with E-state index in [9.17, 15) is 4.79 Å². The summed E-state index contributed by atoms with van der Waals surface area (Å²) < 4.78 is 8.67. The van der Waals surface area contributed by atoms with Crippen molar-refractivity contribution in [3.63, 3.8) is 0 Å². The molecule has 0 amide bonds. The van der Waals surface area contributed by atoms with Gasteiger partial charge in [0.15, 0.2) is 5.82 Å². The third-order valence-corrected chi connectivity index (χ3v) is 6.06. The smallest absolute Gasteiger partial charge is 0.277 e. The second-order valence-corrected chi connectivity index (χ2v) is 8.29. The van der Waals surface area contributed by atoms with Gasteiger partial charge in [-0.05, 0) is 23.6 Å². The Bertz CT molecular complexity index is 1480. The number of hydrogen-bond donors (Lipinski definition) is 0. The molecule has 0 saturated carbocycles. The molecule has 8 heteroatoms. The number of aromatic nitrogens is 5. The predicted octanol–water partition coefficient (Wildman–Crippen LogP) is 3.15. The molecule has 0 aliphatic carbocycles. The van der Waals surface area contributed by atoms with Crippen LogP contribution in [0, 0.1) is 0 Å². The first kappa shape index (κ1) is 19.6. The minimum Gasteiger partial charge on any atom is -0.338 e. The number of fused-ring (bicyclic) bond motifs is 2. The van der Waals surface area contributed by atoms with Crippen LogP contribution in [0.2, 0.25) is 0 Å². The lowest BCUT2D eigenvalue weighted by molar-refractivity contribution is 0.210. The third-order valence-electron chi connectivity index (χ3n) is 6.06. The highest BCUT2D eigenvalue weighted by atomic mass is 16.5. The number of rotatable bonds is 5. The summed E-state index contributed by atoms with van der Waals surface area (Å²) >= 11 is 0. The molecule has 1 aliphatic rings. The van der Waals surface area contributed by atoms with Crippen LogP contribution in [-0.4, -0.2) is 35.8 Å². The predicted molar refractivity (Wildman–Crippen MR) is 123 cm³/mol. The molecule has 0 N–H and O–H groups in total. The highest BCUT2D eigenvalue weighted by Gasteiger charge is 2.19. The van der Waals surface area contributed by atoms with E-state index in [-0.39, 0.29) is 12.1 Å². The maximum atomic E-state index is 13.0. The van der Waals surface area contributed by atoms with Crippen LogP contribution in [0.1, 0.15) is 22.8 Å². The maximum absolute atomic E-state index is 13.0. The summed E-state index contributed by atoms with van der Waals surface area (Å²) in [4.78, 5) is 19.9. The molecule has 4 heterocycles. The average molecular weight is 438 g/mol. The van der Waals surface area contributed by atoms with Gasteiger partial charge in [-0.3, -0.25) is 9.69 Å². The summed E-state index contributed by atoms with van der Waals surface area (Å²) in [7, 11) is 0. The lowest BCUT2D eigenvalue weighted by atomic mass is 10.00. The van der Waals surface area contributed by atoms with Crippen LogP contribution in [0.15, 0.2) is 82.4 Å². The average Bonchev–Trinajstić information content (AvgIpc) is 3.49. The third kappa shape index (κ3) is 3.85. The van der Waals surface area contributed by atoms with E-state index >= 15 is 0 Å². The standard InChI is InChI=1S/C25H22N6O2/c32-25-22-14-21(19-7-2-1-3-8-19)27-31(22)13-12-30(25)16-23-26-24(33-28-23)17-29-11-10-18-6-4-5-9-20(18)15-29/h1-9,12-14H,10-11,15-17H2. The van der Waals surface area contributed by atoms with Crippen LogP contribution in [0.5, 0.6) is 0 Å². The SMILES string of the molecule is O=c1c2cc(-c3ccccc3)nn2ccn1Cc1noc(CN2CCc3ccccc3C2)n1. The number of benzene rings is 2. The number of hydrogen-bond acceptors (Lipinski definition) is 6.